The van der Waals surface area contributed by atoms with E-state index in [4.69, 9.17) is 4.42 Å². The molecule has 0 unspecified atom stereocenters. The number of piperidine rings is 1. The van der Waals surface area contributed by atoms with Gasteiger partial charge in [0.1, 0.15) is 5.76 Å². The molecule has 0 saturated carbocycles. The van der Waals surface area contributed by atoms with Crippen molar-refractivity contribution in [2.75, 3.05) is 11.4 Å². The van der Waals surface area contributed by atoms with Gasteiger partial charge in [-0.3, -0.25) is 4.79 Å². The standard InChI is InChI=1S/C16H19N3O4S/c1-12-10-17-15(23-12)11-18-24(21,22)14-7-5-13(6-8-14)19-9-3-2-4-16(19)20/h5-8,10,18H,2-4,9,11H2,1H3. The number of sulfonamides is 1. The molecule has 1 aliphatic heterocycles. The Morgan fingerprint density at radius 2 is 2.00 bits per heavy atom. The van der Waals surface area contributed by atoms with Crippen LogP contribution in [-0.4, -0.2) is 25.9 Å². The third-order valence-electron chi connectivity index (χ3n) is 3.86. The molecule has 1 aliphatic rings. The van der Waals surface area contributed by atoms with Crippen LogP contribution in [0.4, 0.5) is 5.69 Å². The number of benzene rings is 1. The molecule has 0 radical (unpaired) electrons. The molecule has 0 bridgehead atoms. The molecule has 8 heteroatoms. The van der Waals surface area contributed by atoms with E-state index in [1.54, 1.807) is 24.0 Å². The number of rotatable bonds is 5. The van der Waals surface area contributed by atoms with Gasteiger partial charge in [0.05, 0.1) is 17.6 Å². The van der Waals surface area contributed by atoms with E-state index in [2.05, 4.69) is 9.71 Å². The lowest BCUT2D eigenvalue weighted by Gasteiger charge is -2.26. The lowest BCUT2D eigenvalue weighted by molar-refractivity contribution is -0.119. The fourth-order valence-electron chi connectivity index (χ4n) is 2.61. The topological polar surface area (TPSA) is 92.5 Å². The monoisotopic (exact) mass is 349 g/mol. The molecule has 1 N–H and O–H groups in total. The first-order valence-electron chi connectivity index (χ1n) is 7.77. The molecule has 1 saturated heterocycles. The Labute approximate surface area is 140 Å². The Bertz CT molecular complexity index is 827. The molecule has 128 valence electrons. The molecule has 1 aromatic heterocycles. The number of nitrogens with one attached hydrogen (secondary N) is 1. The summed E-state index contributed by atoms with van der Waals surface area (Å²) in [4.78, 5) is 17.7. The summed E-state index contributed by atoms with van der Waals surface area (Å²) in [6.07, 6.45) is 3.94. The highest BCUT2D eigenvalue weighted by Crippen LogP contribution is 2.22. The molecule has 1 amide bonds. The van der Waals surface area contributed by atoms with E-state index >= 15 is 0 Å². The predicted octanol–water partition coefficient (Wildman–Crippen LogP) is 1.98. The number of carbonyl (C=O) groups excluding carboxylic acids is 1. The number of hydrogen-bond acceptors (Lipinski definition) is 5. The maximum Gasteiger partial charge on any atom is 0.241 e. The quantitative estimate of drug-likeness (QED) is 0.891. The molecule has 24 heavy (non-hydrogen) atoms. The van der Waals surface area contributed by atoms with Gasteiger partial charge in [0.15, 0.2) is 0 Å². The number of anilines is 1. The number of oxazole rings is 1. The number of carbonyl (C=O) groups is 1. The van der Waals surface area contributed by atoms with Crippen molar-refractivity contribution < 1.29 is 17.6 Å². The van der Waals surface area contributed by atoms with E-state index in [0.29, 0.717) is 24.6 Å². The van der Waals surface area contributed by atoms with Gasteiger partial charge in [-0.15, -0.1) is 0 Å². The summed E-state index contributed by atoms with van der Waals surface area (Å²) in [7, 11) is -3.66. The van der Waals surface area contributed by atoms with E-state index in [1.807, 2.05) is 0 Å². The van der Waals surface area contributed by atoms with Crippen LogP contribution in [0.2, 0.25) is 0 Å². The maximum atomic E-state index is 12.3. The first kappa shape index (κ1) is 16.7. The van der Waals surface area contributed by atoms with Crippen LogP contribution in [0, 0.1) is 6.92 Å². The predicted molar refractivity (Wildman–Crippen MR) is 87.9 cm³/mol. The fraction of sp³-hybridized carbons (Fsp3) is 0.375. The Morgan fingerprint density at radius 1 is 1.25 bits per heavy atom. The molecule has 7 nitrogen and oxygen atoms in total. The molecule has 0 spiro atoms. The van der Waals surface area contributed by atoms with Crippen LogP contribution in [0.3, 0.4) is 0 Å². The second-order valence-corrected chi connectivity index (χ2v) is 7.45. The Kier molecular flexibility index (Phi) is 4.68. The van der Waals surface area contributed by atoms with Crippen molar-refractivity contribution in [3.05, 3.63) is 42.1 Å². The van der Waals surface area contributed by atoms with Gasteiger partial charge in [-0.2, -0.15) is 0 Å². The zero-order valence-corrected chi connectivity index (χ0v) is 14.2. The molecule has 1 aromatic carbocycles. The molecule has 0 aliphatic carbocycles. The average molecular weight is 349 g/mol. The molecule has 1 fully saturated rings. The average Bonchev–Trinajstić information content (AvgIpc) is 2.99. The van der Waals surface area contributed by atoms with Crippen LogP contribution in [0.5, 0.6) is 0 Å². The van der Waals surface area contributed by atoms with E-state index < -0.39 is 10.0 Å². The van der Waals surface area contributed by atoms with Crippen LogP contribution in [0.1, 0.15) is 30.9 Å². The van der Waals surface area contributed by atoms with Crippen LogP contribution >= 0.6 is 0 Å². The van der Waals surface area contributed by atoms with Crippen molar-refractivity contribution in [1.82, 2.24) is 9.71 Å². The number of nitrogens with zero attached hydrogens (tertiary/aromatic N) is 2. The van der Waals surface area contributed by atoms with Gasteiger partial charge in [-0.25, -0.2) is 18.1 Å². The number of aryl methyl sites for hydroxylation is 1. The van der Waals surface area contributed by atoms with Crippen LogP contribution in [0.25, 0.3) is 0 Å². The van der Waals surface area contributed by atoms with Gasteiger partial charge in [-0.05, 0) is 44.0 Å². The highest BCUT2D eigenvalue weighted by atomic mass is 32.2. The number of hydrogen-bond donors (Lipinski definition) is 1. The van der Waals surface area contributed by atoms with Gasteiger partial charge >= 0.3 is 0 Å². The van der Waals surface area contributed by atoms with E-state index in [-0.39, 0.29) is 17.3 Å². The van der Waals surface area contributed by atoms with E-state index in [9.17, 15) is 13.2 Å². The van der Waals surface area contributed by atoms with Crippen molar-refractivity contribution in [2.45, 2.75) is 37.6 Å². The number of aromatic nitrogens is 1. The van der Waals surface area contributed by atoms with Gasteiger partial charge in [0, 0.05) is 18.7 Å². The zero-order valence-electron chi connectivity index (χ0n) is 13.4. The first-order chi connectivity index (χ1) is 11.5. The summed E-state index contributed by atoms with van der Waals surface area (Å²) in [6.45, 7) is 2.40. The lowest BCUT2D eigenvalue weighted by Crippen LogP contribution is -2.35. The zero-order chi connectivity index (χ0) is 17.2. The summed E-state index contributed by atoms with van der Waals surface area (Å²) in [6, 6.07) is 6.32. The smallest absolute Gasteiger partial charge is 0.241 e. The molecular weight excluding hydrogens is 330 g/mol. The molecule has 3 rings (SSSR count). The molecule has 0 atom stereocenters. The first-order valence-corrected chi connectivity index (χ1v) is 9.25. The summed E-state index contributed by atoms with van der Waals surface area (Å²) < 4.78 is 32.3. The maximum absolute atomic E-state index is 12.3. The van der Waals surface area contributed by atoms with Gasteiger partial charge in [0.2, 0.25) is 21.8 Å². The minimum Gasteiger partial charge on any atom is -0.445 e. The molecular formula is C16H19N3O4S. The van der Waals surface area contributed by atoms with Crippen molar-refractivity contribution in [3.63, 3.8) is 0 Å². The fourth-order valence-corrected chi connectivity index (χ4v) is 3.58. The lowest BCUT2D eigenvalue weighted by atomic mass is 10.1. The third kappa shape index (κ3) is 3.65. The minimum atomic E-state index is -3.66. The second-order valence-electron chi connectivity index (χ2n) is 5.69. The summed E-state index contributed by atoms with van der Waals surface area (Å²) >= 11 is 0. The molecule has 2 heterocycles. The van der Waals surface area contributed by atoms with Crippen LogP contribution in [0.15, 0.2) is 39.8 Å². The Hall–Kier alpha value is -2.19. The molecule has 2 aromatic rings. The van der Waals surface area contributed by atoms with Crippen molar-refractivity contribution >= 4 is 21.6 Å². The minimum absolute atomic E-state index is 0.0114. The highest BCUT2D eigenvalue weighted by molar-refractivity contribution is 7.89. The SMILES string of the molecule is Cc1cnc(CNS(=O)(=O)c2ccc(N3CCCCC3=O)cc2)o1. The summed E-state index contributed by atoms with van der Waals surface area (Å²) in [5, 5.41) is 0. The normalized spacial score (nSPS) is 15.7. The van der Waals surface area contributed by atoms with Crippen molar-refractivity contribution in [1.29, 1.82) is 0 Å². The second kappa shape index (κ2) is 6.74. The van der Waals surface area contributed by atoms with Crippen molar-refractivity contribution in [2.24, 2.45) is 0 Å². The largest absolute Gasteiger partial charge is 0.445 e. The van der Waals surface area contributed by atoms with Gasteiger partial charge in [-0.1, -0.05) is 0 Å². The van der Waals surface area contributed by atoms with Crippen LogP contribution in [-0.2, 0) is 21.4 Å². The Balaban J connectivity index is 1.70. The van der Waals surface area contributed by atoms with Gasteiger partial charge in [0.25, 0.3) is 0 Å². The van der Waals surface area contributed by atoms with Crippen molar-refractivity contribution in [3.8, 4) is 0 Å². The summed E-state index contributed by atoms with van der Waals surface area (Å²) in [5.41, 5.74) is 0.724. The highest BCUT2D eigenvalue weighted by Gasteiger charge is 2.21. The van der Waals surface area contributed by atoms with Crippen LogP contribution < -0.4 is 9.62 Å². The van der Waals surface area contributed by atoms with E-state index in [1.165, 1.54) is 18.3 Å². The summed E-state index contributed by atoms with van der Waals surface area (Å²) in [5.74, 6) is 1.01. The Morgan fingerprint density at radius 3 is 2.62 bits per heavy atom. The van der Waals surface area contributed by atoms with E-state index in [0.717, 1.165) is 18.5 Å². The van der Waals surface area contributed by atoms with Gasteiger partial charge < -0.3 is 9.32 Å². The number of amides is 1. The third-order valence-corrected chi connectivity index (χ3v) is 5.28.